The first-order valence-electron chi connectivity index (χ1n) is 7.95. The summed E-state index contributed by atoms with van der Waals surface area (Å²) < 4.78 is 1.72. The number of nitrogens with zero attached hydrogens (tertiary/aromatic N) is 4. The number of nitrogens with one attached hydrogen (secondary N) is 1. The second kappa shape index (κ2) is 6.89. The molecule has 5 heteroatoms. The fourth-order valence-corrected chi connectivity index (χ4v) is 2.08. The minimum atomic E-state index is 0.00735. The van der Waals surface area contributed by atoms with Gasteiger partial charge in [0.2, 0.25) is 0 Å². The van der Waals surface area contributed by atoms with E-state index in [1.165, 1.54) is 0 Å². The lowest BCUT2D eigenvalue weighted by molar-refractivity contribution is 0.519. The molecule has 2 heterocycles. The third kappa shape index (κ3) is 4.12. The average Bonchev–Trinajstić information content (AvgIpc) is 3.16. The molecule has 0 aromatic carbocycles. The van der Waals surface area contributed by atoms with Crippen LogP contribution in [0, 0.1) is 5.41 Å². The molecule has 1 N–H and O–H groups in total. The normalized spacial score (nSPS) is 11.7. The number of hydrogen-bond donors (Lipinski definition) is 1. The second-order valence-electron chi connectivity index (χ2n) is 6.96. The van der Waals surface area contributed by atoms with Crippen molar-refractivity contribution >= 4 is 18.1 Å². The zero-order chi connectivity index (χ0) is 18.8. The molecule has 0 radical (unpaired) electrons. The maximum absolute atomic E-state index is 4.47. The van der Waals surface area contributed by atoms with Crippen molar-refractivity contribution in [2.24, 2.45) is 17.5 Å². The fraction of sp³-hybridized carbons (Fsp3) is 0.250. The van der Waals surface area contributed by atoms with Crippen LogP contribution in [0.5, 0.6) is 0 Å². The van der Waals surface area contributed by atoms with Crippen molar-refractivity contribution in [3.8, 4) is 11.4 Å². The third-order valence-corrected chi connectivity index (χ3v) is 3.95. The highest BCUT2D eigenvalue weighted by atomic mass is 15.2. The van der Waals surface area contributed by atoms with Gasteiger partial charge in [-0.3, -0.25) is 4.68 Å². The van der Waals surface area contributed by atoms with Crippen molar-refractivity contribution in [1.82, 2.24) is 19.7 Å². The van der Waals surface area contributed by atoms with Crippen molar-refractivity contribution in [1.29, 1.82) is 0 Å². The number of rotatable bonds is 6. The summed E-state index contributed by atoms with van der Waals surface area (Å²) in [6.45, 7) is 22.3. The molecule has 5 nitrogen and oxygen atoms in total. The zero-order valence-corrected chi connectivity index (χ0v) is 15.4. The Kier molecular flexibility index (Phi) is 5.07. The molecule has 0 amide bonds. The highest BCUT2D eigenvalue weighted by Gasteiger charge is 2.16. The van der Waals surface area contributed by atoms with Gasteiger partial charge in [-0.05, 0) is 23.3 Å². The van der Waals surface area contributed by atoms with Gasteiger partial charge in [0.25, 0.3) is 0 Å². The lowest BCUT2D eigenvalue weighted by Gasteiger charge is -2.18. The lowest BCUT2D eigenvalue weighted by atomic mass is 9.87. The largest absolute Gasteiger partial charge is 0.336 e. The van der Waals surface area contributed by atoms with Crippen LogP contribution in [0.15, 0.2) is 60.4 Å². The van der Waals surface area contributed by atoms with Crippen molar-refractivity contribution in [3.63, 3.8) is 0 Å². The topological polar surface area (TPSA) is 58.9 Å². The Bertz CT molecular complexity index is 868. The van der Waals surface area contributed by atoms with Gasteiger partial charge in [0.1, 0.15) is 5.82 Å². The summed E-state index contributed by atoms with van der Waals surface area (Å²) in [5.41, 5.74) is 4.07. The highest BCUT2D eigenvalue weighted by molar-refractivity contribution is 5.83. The van der Waals surface area contributed by atoms with Crippen molar-refractivity contribution in [2.45, 2.75) is 20.8 Å². The molecule has 2 aromatic rings. The molecule has 0 aliphatic heterocycles. The molecule has 130 valence electrons. The lowest BCUT2D eigenvalue weighted by Crippen LogP contribution is -2.05. The first-order chi connectivity index (χ1) is 11.6. The Balaban J connectivity index is 2.28. The third-order valence-electron chi connectivity index (χ3n) is 3.95. The number of hydrogen-bond acceptors (Lipinski definition) is 3. The molecule has 0 fully saturated rings. The molecule has 0 spiro atoms. The minimum absolute atomic E-state index is 0.00735. The maximum atomic E-state index is 4.47. The van der Waals surface area contributed by atoms with E-state index in [0.29, 0.717) is 22.9 Å². The Hall–Kier alpha value is -2.95. The average molecular weight is 335 g/mol. The predicted molar refractivity (Wildman–Crippen MR) is 106 cm³/mol. The Labute approximate surface area is 149 Å². The fourth-order valence-electron chi connectivity index (χ4n) is 2.08. The van der Waals surface area contributed by atoms with Crippen LogP contribution in [0.4, 0.5) is 5.82 Å². The second-order valence-corrected chi connectivity index (χ2v) is 6.96. The first-order valence-corrected chi connectivity index (χ1v) is 7.95. The molecular formula is C20H25N5. The van der Waals surface area contributed by atoms with Crippen molar-refractivity contribution in [2.75, 3.05) is 0 Å². The summed E-state index contributed by atoms with van der Waals surface area (Å²) in [7, 11) is 1.85. The summed E-state index contributed by atoms with van der Waals surface area (Å²) in [6.07, 6.45) is 7.49. The van der Waals surface area contributed by atoms with Crippen LogP contribution in [0.1, 0.15) is 26.5 Å². The molecule has 2 aromatic heterocycles. The number of aliphatic imine (C=N–C) groups is 1. The predicted octanol–water partition coefficient (Wildman–Crippen LogP) is 4.87. The van der Waals surface area contributed by atoms with E-state index >= 15 is 0 Å². The van der Waals surface area contributed by atoms with E-state index in [9.17, 15) is 0 Å². The minimum Gasteiger partial charge on any atom is -0.336 e. The van der Waals surface area contributed by atoms with Crippen LogP contribution in [0.25, 0.3) is 17.0 Å². The van der Waals surface area contributed by atoms with Gasteiger partial charge >= 0.3 is 0 Å². The van der Waals surface area contributed by atoms with Gasteiger partial charge in [0.05, 0.1) is 17.5 Å². The van der Waals surface area contributed by atoms with Gasteiger partial charge in [0.15, 0.2) is 5.82 Å². The summed E-state index contributed by atoms with van der Waals surface area (Å²) in [6, 6.07) is 0. The van der Waals surface area contributed by atoms with Crippen LogP contribution in [0.2, 0.25) is 0 Å². The van der Waals surface area contributed by atoms with E-state index < -0.39 is 0 Å². The van der Waals surface area contributed by atoms with Crippen molar-refractivity contribution in [3.05, 3.63) is 61.1 Å². The summed E-state index contributed by atoms with van der Waals surface area (Å²) in [5, 5.41) is 4.16. The zero-order valence-electron chi connectivity index (χ0n) is 15.4. The SMILES string of the molecule is C=Nc1nc(-c2cnn(C)c2)[nH]c1C(=C)C(=C)/C=C\C(=C)C(C)(C)C. The summed E-state index contributed by atoms with van der Waals surface area (Å²) in [4.78, 5) is 11.7. The highest BCUT2D eigenvalue weighted by Crippen LogP contribution is 2.31. The number of H-pyrrole nitrogens is 1. The number of aromatic amines is 1. The van der Waals surface area contributed by atoms with Crippen LogP contribution < -0.4 is 0 Å². The van der Waals surface area contributed by atoms with E-state index in [1.807, 2.05) is 25.4 Å². The molecule has 0 saturated carbocycles. The molecule has 0 bridgehead atoms. The van der Waals surface area contributed by atoms with Gasteiger partial charge < -0.3 is 4.98 Å². The molecule has 0 unspecified atom stereocenters. The van der Waals surface area contributed by atoms with Crippen molar-refractivity contribution < 1.29 is 0 Å². The molecule has 2 rings (SSSR count). The molecule has 0 aliphatic rings. The number of allylic oxidation sites excluding steroid dienone is 5. The van der Waals surface area contributed by atoms with E-state index in [1.54, 1.807) is 10.9 Å². The van der Waals surface area contributed by atoms with E-state index in [0.717, 1.165) is 16.7 Å². The summed E-state index contributed by atoms with van der Waals surface area (Å²) >= 11 is 0. The Morgan fingerprint density at radius 1 is 1.24 bits per heavy atom. The molecule has 0 atom stereocenters. The van der Waals surface area contributed by atoms with E-state index in [2.05, 4.69) is 67.3 Å². The number of aromatic nitrogens is 4. The number of imidazole rings is 1. The Morgan fingerprint density at radius 3 is 2.44 bits per heavy atom. The van der Waals surface area contributed by atoms with Crippen LogP contribution in [0.3, 0.4) is 0 Å². The molecule has 0 saturated heterocycles. The van der Waals surface area contributed by atoms with Gasteiger partial charge in [-0.2, -0.15) is 5.10 Å². The van der Waals surface area contributed by atoms with Crippen LogP contribution in [-0.4, -0.2) is 26.5 Å². The van der Waals surface area contributed by atoms with Gasteiger partial charge in [-0.25, -0.2) is 9.98 Å². The smallest absolute Gasteiger partial charge is 0.178 e. The quantitative estimate of drug-likeness (QED) is 0.605. The monoisotopic (exact) mass is 335 g/mol. The maximum Gasteiger partial charge on any atom is 0.178 e. The van der Waals surface area contributed by atoms with Gasteiger partial charge in [-0.1, -0.05) is 52.7 Å². The molecule has 25 heavy (non-hydrogen) atoms. The molecule has 0 aliphatic carbocycles. The van der Waals surface area contributed by atoms with Crippen LogP contribution >= 0.6 is 0 Å². The standard InChI is InChI=1S/C20H25N5/c1-13(9-10-14(2)20(4,5)6)15(3)17-19(21-7)24-18(23-17)16-11-22-25(8)12-16/h9-12H,1-3,7H2,4-6,8H3,(H,23,24)/b10-9-. The van der Waals surface area contributed by atoms with Gasteiger partial charge in [0, 0.05) is 18.8 Å². The first kappa shape index (κ1) is 18.4. The van der Waals surface area contributed by atoms with Crippen LogP contribution in [-0.2, 0) is 7.05 Å². The van der Waals surface area contributed by atoms with Gasteiger partial charge in [-0.15, -0.1) is 0 Å². The number of aryl methyl sites for hydroxylation is 1. The Morgan fingerprint density at radius 2 is 1.92 bits per heavy atom. The molecular weight excluding hydrogens is 310 g/mol. The van der Waals surface area contributed by atoms with E-state index in [-0.39, 0.29) is 5.41 Å². The van der Waals surface area contributed by atoms with E-state index in [4.69, 9.17) is 0 Å². The summed E-state index contributed by atoms with van der Waals surface area (Å²) in [5.74, 6) is 1.16.